The number of carbonyl (C=O) groups is 2. The van der Waals surface area contributed by atoms with Gasteiger partial charge in [0.25, 0.3) is 5.91 Å². The Hall–Kier alpha value is -2.56. The number of hydrogen-bond donors (Lipinski definition) is 4. The Labute approximate surface area is 230 Å². The molecule has 0 bridgehead atoms. The summed E-state index contributed by atoms with van der Waals surface area (Å²) in [5.74, 6) is 0.351. The number of carbonyl (C=O) groups excluding carboxylic acids is 2. The Morgan fingerprint density at radius 2 is 1.92 bits per heavy atom. The fraction of sp³-hybridized carbons (Fsp3) is 0.400. The molecular formula is C25H29Cl3N4O5. The Kier molecular flexibility index (Phi) is 10.4. The van der Waals surface area contributed by atoms with Crippen molar-refractivity contribution in [1.29, 1.82) is 0 Å². The second kappa shape index (κ2) is 13.3. The van der Waals surface area contributed by atoms with E-state index in [9.17, 15) is 14.7 Å². The van der Waals surface area contributed by atoms with Crippen LogP contribution in [0.1, 0.15) is 38.7 Å². The normalized spacial score (nSPS) is 14.4. The van der Waals surface area contributed by atoms with Crippen molar-refractivity contribution in [2.24, 2.45) is 5.10 Å². The molecule has 2 aromatic rings. The molecular weight excluding hydrogens is 543 g/mol. The SMILES string of the molecule is CC(C)(CNC(=O)COc1c(Cl)cccc1C1=NNC(=O)CC1)N[C@@H](O)CCOc1ccc(Cl)c(Cl)c1. The van der Waals surface area contributed by atoms with Gasteiger partial charge in [-0.2, -0.15) is 5.10 Å². The standard InChI is InChI=1S/C25H29Cl3N4O5/c1-25(2,30-21(33)10-11-36-15-6-7-17(26)19(28)12-15)14-29-23(35)13-37-24-16(4-3-5-18(24)27)20-8-9-22(34)32-31-20/h3-7,12,21,30,33H,8-11,13-14H2,1-2H3,(H,29,35)(H,32,34)/t21-/m0/s1. The number of hydrogen-bond acceptors (Lipinski definition) is 7. The Bertz CT molecular complexity index is 1160. The fourth-order valence-electron chi connectivity index (χ4n) is 3.49. The van der Waals surface area contributed by atoms with Crippen molar-refractivity contribution in [2.75, 3.05) is 19.8 Å². The molecule has 2 aromatic carbocycles. The van der Waals surface area contributed by atoms with Gasteiger partial charge in [-0.15, -0.1) is 0 Å². The number of amides is 2. The van der Waals surface area contributed by atoms with Crippen LogP contribution in [0.2, 0.25) is 15.1 Å². The van der Waals surface area contributed by atoms with Crippen molar-refractivity contribution >= 4 is 52.3 Å². The number of rotatable bonds is 12. The molecule has 1 aliphatic rings. The average molecular weight is 572 g/mol. The predicted molar refractivity (Wildman–Crippen MR) is 144 cm³/mol. The van der Waals surface area contributed by atoms with Crippen LogP contribution >= 0.6 is 34.8 Å². The maximum atomic E-state index is 12.5. The van der Waals surface area contributed by atoms with Crippen molar-refractivity contribution in [3.63, 3.8) is 0 Å². The first-order chi connectivity index (χ1) is 17.5. The summed E-state index contributed by atoms with van der Waals surface area (Å²) >= 11 is 18.2. The van der Waals surface area contributed by atoms with E-state index in [1.807, 2.05) is 13.8 Å². The molecule has 9 nitrogen and oxygen atoms in total. The second-order valence-corrected chi connectivity index (χ2v) is 10.3. The molecule has 2 amide bonds. The number of ether oxygens (including phenoxy) is 2. The average Bonchev–Trinajstić information content (AvgIpc) is 2.84. The molecule has 0 aromatic heterocycles. The van der Waals surface area contributed by atoms with Gasteiger partial charge in [-0.05, 0) is 38.1 Å². The van der Waals surface area contributed by atoms with Gasteiger partial charge in [0.15, 0.2) is 6.61 Å². The number of halogens is 3. The van der Waals surface area contributed by atoms with Gasteiger partial charge < -0.3 is 19.9 Å². The maximum absolute atomic E-state index is 12.5. The number of nitrogens with zero attached hydrogens (tertiary/aromatic N) is 1. The maximum Gasteiger partial charge on any atom is 0.258 e. The van der Waals surface area contributed by atoms with Crippen LogP contribution in [0.15, 0.2) is 41.5 Å². The highest BCUT2D eigenvalue weighted by Crippen LogP contribution is 2.31. The van der Waals surface area contributed by atoms with Gasteiger partial charge >= 0.3 is 0 Å². The number of hydrazone groups is 1. The van der Waals surface area contributed by atoms with Gasteiger partial charge in [0.2, 0.25) is 5.91 Å². The van der Waals surface area contributed by atoms with E-state index < -0.39 is 11.8 Å². The summed E-state index contributed by atoms with van der Waals surface area (Å²) in [6.45, 7) is 3.90. The van der Waals surface area contributed by atoms with E-state index >= 15 is 0 Å². The first-order valence-electron chi connectivity index (χ1n) is 11.6. The molecule has 0 saturated heterocycles. The predicted octanol–water partition coefficient (Wildman–Crippen LogP) is 3.91. The van der Waals surface area contributed by atoms with Crippen LogP contribution in [0, 0.1) is 0 Å². The number of nitrogens with one attached hydrogen (secondary N) is 3. The molecule has 0 spiro atoms. The summed E-state index contributed by atoms with van der Waals surface area (Å²) < 4.78 is 11.3. The second-order valence-electron chi connectivity index (χ2n) is 9.03. The summed E-state index contributed by atoms with van der Waals surface area (Å²) in [7, 11) is 0. The molecule has 0 aliphatic carbocycles. The third-order valence-corrected chi connectivity index (χ3v) is 6.40. The number of para-hydroxylation sites is 1. The molecule has 0 saturated carbocycles. The quantitative estimate of drug-likeness (QED) is 0.287. The Balaban J connectivity index is 1.44. The summed E-state index contributed by atoms with van der Waals surface area (Å²) in [5, 5.41) is 21.4. The molecule has 4 N–H and O–H groups in total. The number of benzene rings is 2. The third kappa shape index (κ3) is 9.05. The molecule has 200 valence electrons. The van der Waals surface area contributed by atoms with Crippen molar-refractivity contribution in [2.45, 2.75) is 44.9 Å². The fourth-order valence-corrected chi connectivity index (χ4v) is 4.01. The van der Waals surface area contributed by atoms with Crippen molar-refractivity contribution < 1.29 is 24.2 Å². The van der Waals surface area contributed by atoms with Crippen LogP contribution in [0.25, 0.3) is 0 Å². The summed E-state index contributed by atoms with van der Waals surface area (Å²) in [5.41, 5.74) is 3.07. The van der Waals surface area contributed by atoms with Crippen molar-refractivity contribution in [3.8, 4) is 11.5 Å². The molecule has 1 aliphatic heterocycles. The zero-order valence-electron chi connectivity index (χ0n) is 20.4. The molecule has 0 radical (unpaired) electrons. The van der Waals surface area contributed by atoms with Gasteiger partial charge in [0, 0.05) is 43.0 Å². The van der Waals surface area contributed by atoms with Crippen molar-refractivity contribution in [1.82, 2.24) is 16.1 Å². The van der Waals surface area contributed by atoms with E-state index in [4.69, 9.17) is 44.3 Å². The largest absolute Gasteiger partial charge is 0.493 e. The van der Waals surface area contributed by atoms with Crippen LogP contribution in [-0.2, 0) is 9.59 Å². The molecule has 1 heterocycles. The third-order valence-electron chi connectivity index (χ3n) is 5.37. The van der Waals surface area contributed by atoms with Crippen LogP contribution in [-0.4, -0.2) is 54.2 Å². The van der Waals surface area contributed by atoms with Crippen LogP contribution in [0.5, 0.6) is 11.5 Å². The number of aliphatic hydroxyl groups excluding tert-OH is 1. The lowest BCUT2D eigenvalue weighted by molar-refractivity contribution is -0.123. The lowest BCUT2D eigenvalue weighted by atomic mass is 10.0. The van der Waals surface area contributed by atoms with Crippen LogP contribution in [0.3, 0.4) is 0 Å². The number of aliphatic hydroxyl groups is 1. The Morgan fingerprint density at radius 3 is 2.62 bits per heavy atom. The van der Waals surface area contributed by atoms with E-state index in [-0.39, 0.29) is 31.6 Å². The monoisotopic (exact) mass is 570 g/mol. The lowest BCUT2D eigenvalue weighted by Gasteiger charge is -2.29. The highest BCUT2D eigenvalue weighted by atomic mass is 35.5. The first kappa shape index (κ1) is 29.0. The summed E-state index contributed by atoms with van der Waals surface area (Å²) in [4.78, 5) is 23.9. The lowest BCUT2D eigenvalue weighted by Crippen LogP contribution is -2.53. The highest BCUT2D eigenvalue weighted by Gasteiger charge is 2.23. The van der Waals surface area contributed by atoms with Gasteiger partial charge in [0.1, 0.15) is 17.7 Å². The van der Waals surface area contributed by atoms with E-state index in [0.29, 0.717) is 57.1 Å². The summed E-state index contributed by atoms with van der Waals surface area (Å²) in [6.07, 6.45) is 0.185. The van der Waals surface area contributed by atoms with Gasteiger partial charge in [-0.25, -0.2) is 5.43 Å². The minimum Gasteiger partial charge on any atom is -0.493 e. The van der Waals surface area contributed by atoms with Gasteiger partial charge in [-0.1, -0.05) is 40.9 Å². The van der Waals surface area contributed by atoms with Gasteiger partial charge in [0.05, 0.1) is 27.4 Å². The van der Waals surface area contributed by atoms with Gasteiger partial charge in [-0.3, -0.25) is 14.9 Å². The first-order valence-corrected chi connectivity index (χ1v) is 12.7. The molecule has 0 unspecified atom stereocenters. The minimum atomic E-state index is -0.867. The van der Waals surface area contributed by atoms with E-state index in [1.54, 1.807) is 36.4 Å². The Morgan fingerprint density at radius 1 is 1.14 bits per heavy atom. The summed E-state index contributed by atoms with van der Waals surface area (Å²) in [6, 6.07) is 10.1. The van der Waals surface area contributed by atoms with E-state index in [1.165, 1.54) is 0 Å². The zero-order valence-corrected chi connectivity index (χ0v) is 22.7. The molecule has 3 rings (SSSR count). The van der Waals surface area contributed by atoms with E-state index in [0.717, 1.165) is 0 Å². The zero-order chi connectivity index (χ0) is 27.0. The highest BCUT2D eigenvalue weighted by molar-refractivity contribution is 6.42. The molecule has 12 heteroatoms. The molecule has 1 atom stereocenters. The van der Waals surface area contributed by atoms with Crippen molar-refractivity contribution in [3.05, 3.63) is 57.0 Å². The molecule has 0 fully saturated rings. The van der Waals surface area contributed by atoms with Crippen LogP contribution < -0.4 is 25.5 Å². The molecule has 37 heavy (non-hydrogen) atoms. The smallest absolute Gasteiger partial charge is 0.258 e. The topological polar surface area (TPSA) is 121 Å². The minimum absolute atomic E-state index is 0.159. The van der Waals surface area contributed by atoms with Crippen LogP contribution in [0.4, 0.5) is 0 Å². The van der Waals surface area contributed by atoms with E-state index in [2.05, 4.69) is 21.2 Å².